The summed E-state index contributed by atoms with van der Waals surface area (Å²) in [7, 11) is 0. The second-order valence-corrected chi connectivity index (χ2v) is 2.34. The molecule has 0 spiro atoms. The number of hydrogen-bond donors (Lipinski definition) is 2. The molecule has 6 heteroatoms. The Morgan fingerprint density at radius 2 is 2.62 bits per heavy atom. The van der Waals surface area contributed by atoms with Crippen LogP contribution in [0.3, 0.4) is 0 Å². The van der Waals surface area contributed by atoms with Crippen LogP contribution in [0.5, 0.6) is 0 Å². The Labute approximate surface area is 73.3 Å². The van der Waals surface area contributed by atoms with Crippen molar-refractivity contribution >= 4 is 12.0 Å². The van der Waals surface area contributed by atoms with Gasteiger partial charge in [0.2, 0.25) is 6.08 Å². The number of aliphatic imine (C=N–C) groups is 1. The topological polar surface area (TPSA) is 95.4 Å². The molecule has 0 fully saturated rings. The first-order valence-electron chi connectivity index (χ1n) is 3.51. The number of H-pyrrole nitrogens is 1. The second-order valence-electron chi connectivity index (χ2n) is 2.34. The van der Waals surface area contributed by atoms with E-state index in [0.29, 0.717) is 5.69 Å². The predicted octanol–water partition coefficient (Wildman–Crippen LogP) is -0.259. The van der Waals surface area contributed by atoms with Gasteiger partial charge in [-0.05, 0) is 0 Å². The zero-order valence-corrected chi connectivity index (χ0v) is 6.60. The van der Waals surface area contributed by atoms with E-state index in [1.165, 1.54) is 12.4 Å². The normalized spacial score (nSPS) is 11.7. The fourth-order valence-corrected chi connectivity index (χ4v) is 0.852. The van der Waals surface area contributed by atoms with Crippen LogP contribution in [-0.4, -0.2) is 33.2 Å². The summed E-state index contributed by atoms with van der Waals surface area (Å²) in [5, 5.41) is 8.59. The van der Waals surface area contributed by atoms with Gasteiger partial charge in [-0.15, -0.1) is 0 Å². The standard InChI is InChI=1S/C7H7N3O3/c11-4-10-6(7(12)13)1-5-2-8-3-9-5/h2-3,6H,1H2,(H,8,9)(H,12,13)/t6-/m0/s1. The lowest BCUT2D eigenvalue weighted by Gasteiger charge is -2.00. The first-order valence-corrected chi connectivity index (χ1v) is 3.51. The third-order valence-electron chi connectivity index (χ3n) is 1.45. The Balaban J connectivity index is 2.68. The van der Waals surface area contributed by atoms with Crippen molar-refractivity contribution in [3.05, 3.63) is 18.2 Å². The summed E-state index contributed by atoms with van der Waals surface area (Å²) >= 11 is 0. The molecule has 0 saturated carbocycles. The smallest absolute Gasteiger partial charge is 0.329 e. The van der Waals surface area contributed by atoms with Crippen LogP contribution >= 0.6 is 0 Å². The number of carboxylic acid groups (broad SMARTS) is 1. The first kappa shape index (κ1) is 9.15. The van der Waals surface area contributed by atoms with E-state index >= 15 is 0 Å². The maximum Gasteiger partial charge on any atom is 0.329 e. The number of carbonyl (C=O) groups is 1. The molecule has 0 saturated heterocycles. The van der Waals surface area contributed by atoms with Crippen molar-refractivity contribution in [2.24, 2.45) is 4.99 Å². The zero-order chi connectivity index (χ0) is 9.68. The molecule has 1 aromatic heterocycles. The molecular weight excluding hydrogens is 174 g/mol. The van der Waals surface area contributed by atoms with Gasteiger partial charge in [-0.25, -0.2) is 14.6 Å². The Kier molecular flexibility index (Phi) is 2.94. The Morgan fingerprint density at radius 1 is 1.85 bits per heavy atom. The number of isocyanates is 1. The van der Waals surface area contributed by atoms with Crippen LogP contribution in [-0.2, 0) is 16.0 Å². The van der Waals surface area contributed by atoms with Crippen LogP contribution in [0, 0.1) is 0 Å². The minimum Gasteiger partial charge on any atom is -0.480 e. The number of rotatable bonds is 4. The summed E-state index contributed by atoms with van der Waals surface area (Å²) in [6, 6.07) is -1.10. The molecule has 1 aromatic rings. The summed E-state index contributed by atoms with van der Waals surface area (Å²) in [5.41, 5.74) is 0.548. The van der Waals surface area contributed by atoms with Crippen molar-refractivity contribution in [3.63, 3.8) is 0 Å². The van der Waals surface area contributed by atoms with Crippen LogP contribution in [0.1, 0.15) is 5.69 Å². The van der Waals surface area contributed by atoms with Gasteiger partial charge in [0.05, 0.1) is 12.0 Å². The summed E-state index contributed by atoms with van der Waals surface area (Å²) < 4.78 is 0. The van der Waals surface area contributed by atoms with E-state index < -0.39 is 12.0 Å². The van der Waals surface area contributed by atoms with Gasteiger partial charge < -0.3 is 10.1 Å². The zero-order valence-electron chi connectivity index (χ0n) is 6.60. The van der Waals surface area contributed by atoms with Crippen molar-refractivity contribution in [3.8, 4) is 0 Å². The maximum atomic E-state index is 10.5. The average molecular weight is 181 g/mol. The molecule has 0 radical (unpaired) electrons. The Hall–Kier alpha value is -1.94. The largest absolute Gasteiger partial charge is 0.480 e. The first-order chi connectivity index (χ1) is 6.24. The van der Waals surface area contributed by atoms with Crippen LogP contribution in [0.2, 0.25) is 0 Å². The number of carbonyl (C=O) groups excluding carboxylic acids is 1. The molecule has 0 aromatic carbocycles. The molecule has 1 heterocycles. The molecular formula is C7H7N3O3. The molecule has 0 unspecified atom stereocenters. The van der Waals surface area contributed by atoms with Gasteiger partial charge in [0.15, 0.2) is 6.04 Å². The third kappa shape index (κ3) is 2.53. The van der Waals surface area contributed by atoms with E-state index in [1.54, 1.807) is 6.20 Å². The van der Waals surface area contributed by atoms with Crippen LogP contribution < -0.4 is 0 Å². The van der Waals surface area contributed by atoms with E-state index in [9.17, 15) is 9.59 Å². The molecule has 0 aliphatic carbocycles. The molecule has 6 nitrogen and oxygen atoms in total. The van der Waals surface area contributed by atoms with Crippen molar-refractivity contribution in [2.45, 2.75) is 12.5 Å². The molecule has 0 aliphatic heterocycles. The highest BCUT2D eigenvalue weighted by molar-refractivity contribution is 5.75. The van der Waals surface area contributed by atoms with Gasteiger partial charge in [0, 0.05) is 12.6 Å². The molecule has 68 valence electrons. The van der Waals surface area contributed by atoms with Crippen molar-refractivity contribution in [1.82, 2.24) is 9.97 Å². The van der Waals surface area contributed by atoms with E-state index in [2.05, 4.69) is 15.0 Å². The minimum atomic E-state index is -1.16. The molecule has 0 aliphatic rings. The van der Waals surface area contributed by atoms with Gasteiger partial charge in [0.25, 0.3) is 0 Å². The van der Waals surface area contributed by atoms with Gasteiger partial charge in [-0.1, -0.05) is 0 Å². The number of hydrogen-bond acceptors (Lipinski definition) is 4. The molecule has 1 atom stereocenters. The molecule has 0 amide bonds. The Morgan fingerprint density at radius 3 is 3.08 bits per heavy atom. The van der Waals surface area contributed by atoms with Gasteiger partial charge in [-0.2, -0.15) is 4.99 Å². The van der Waals surface area contributed by atoms with Crippen molar-refractivity contribution in [2.75, 3.05) is 0 Å². The molecule has 13 heavy (non-hydrogen) atoms. The number of nitrogens with zero attached hydrogens (tertiary/aromatic N) is 2. The number of nitrogens with one attached hydrogen (secondary N) is 1. The summed E-state index contributed by atoms with van der Waals surface area (Å²) in [5.74, 6) is -1.16. The summed E-state index contributed by atoms with van der Waals surface area (Å²) in [4.78, 5) is 30.0. The van der Waals surface area contributed by atoms with E-state index in [0.717, 1.165) is 0 Å². The van der Waals surface area contributed by atoms with E-state index in [4.69, 9.17) is 5.11 Å². The SMILES string of the molecule is O=C=N[C@@H](Cc1c[nH]cn1)C(=O)O. The molecule has 0 bridgehead atoms. The molecule has 2 N–H and O–H groups in total. The highest BCUT2D eigenvalue weighted by Gasteiger charge is 2.17. The number of aliphatic carboxylic acids is 1. The van der Waals surface area contributed by atoms with Crippen molar-refractivity contribution < 1.29 is 14.7 Å². The number of aromatic amines is 1. The lowest BCUT2D eigenvalue weighted by Crippen LogP contribution is -2.20. The highest BCUT2D eigenvalue weighted by atomic mass is 16.4. The fraction of sp³-hybridized carbons (Fsp3) is 0.286. The van der Waals surface area contributed by atoms with Crippen molar-refractivity contribution in [1.29, 1.82) is 0 Å². The van der Waals surface area contributed by atoms with Gasteiger partial charge in [-0.3, -0.25) is 0 Å². The van der Waals surface area contributed by atoms with E-state index in [-0.39, 0.29) is 6.42 Å². The second kappa shape index (κ2) is 4.18. The summed E-state index contributed by atoms with van der Waals surface area (Å²) in [6.45, 7) is 0. The number of aromatic nitrogens is 2. The van der Waals surface area contributed by atoms with Gasteiger partial charge >= 0.3 is 5.97 Å². The number of imidazole rings is 1. The van der Waals surface area contributed by atoms with Gasteiger partial charge in [0.1, 0.15) is 0 Å². The predicted molar refractivity (Wildman–Crippen MR) is 41.8 cm³/mol. The quantitative estimate of drug-likeness (QED) is 0.494. The summed E-state index contributed by atoms with van der Waals surface area (Å²) in [6.07, 6.45) is 4.29. The Bertz CT molecular complexity index is 325. The fourth-order valence-electron chi connectivity index (χ4n) is 0.852. The van der Waals surface area contributed by atoms with E-state index in [1.807, 2.05) is 0 Å². The average Bonchev–Trinajstić information content (AvgIpc) is 2.56. The number of carboxylic acids is 1. The third-order valence-corrected chi connectivity index (χ3v) is 1.45. The van der Waals surface area contributed by atoms with Crippen LogP contribution in [0.15, 0.2) is 17.5 Å². The lowest BCUT2D eigenvalue weighted by molar-refractivity contribution is -0.138. The highest BCUT2D eigenvalue weighted by Crippen LogP contribution is 2.01. The lowest BCUT2D eigenvalue weighted by atomic mass is 10.2. The van der Waals surface area contributed by atoms with Crippen LogP contribution in [0.4, 0.5) is 0 Å². The molecule has 1 rings (SSSR count). The van der Waals surface area contributed by atoms with Crippen LogP contribution in [0.25, 0.3) is 0 Å². The minimum absolute atomic E-state index is 0.0913. The monoisotopic (exact) mass is 181 g/mol. The maximum absolute atomic E-state index is 10.5.